The summed E-state index contributed by atoms with van der Waals surface area (Å²) in [4.78, 5) is 16.6. The molecular formula is C26H33BrN2O3. The van der Waals surface area contributed by atoms with Gasteiger partial charge in [0, 0.05) is 17.6 Å². The molecular weight excluding hydrogens is 468 g/mol. The van der Waals surface area contributed by atoms with Gasteiger partial charge < -0.3 is 14.4 Å². The summed E-state index contributed by atoms with van der Waals surface area (Å²) in [5, 5.41) is 0. The Morgan fingerprint density at radius 2 is 1.88 bits per heavy atom. The molecule has 1 amide bonds. The van der Waals surface area contributed by atoms with Gasteiger partial charge in [-0.25, -0.2) is 4.79 Å². The van der Waals surface area contributed by atoms with Crippen LogP contribution in [0.2, 0.25) is 0 Å². The highest BCUT2D eigenvalue weighted by molar-refractivity contribution is 9.10. The lowest BCUT2D eigenvalue weighted by molar-refractivity contribution is 0.0903. The van der Waals surface area contributed by atoms with Gasteiger partial charge in [0.1, 0.15) is 11.9 Å². The van der Waals surface area contributed by atoms with Crippen LogP contribution in [0.5, 0.6) is 5.75 Å². The molecule has 0 radical (unpaired) electrons. The fraction of sp³-hybridized carbons (Fsp3) is 0.500. The topological polar surface area (TPSA) is 42.0 Å². The first-order valence-electron chi connectivity index (χ1n) is 11.6. The molecule has 6 heteroatoms. The molecule has 2 fully saturated rings. The van der Waals surface area contributed by atoms with Gasteiger partial charge in [0.15, 0.2) is 0 Å². The maximum atomic E-state index is 12.3. The van der Waals surface area contributed by atoms with Gasteiger partial charge in [-0.2, -0.15) is 0 Å². The van der Waals surface area contributed by atoms with Crippen LogP contribution in [0.25, 0.3) is 0 Å². The van der Waals surface area contributed by atoms with Gasteiger partial charge in [-0.15, -0.1) is 0 Å². The SMILES string of the molecule is CC(C)Oc1ccc(Br)c(CC2CCN(CC3CN(Cc4ccccc4)C(=O)O3)CC2)c1. The second kappa shape index (κ2) is 10.7. The predicted molar refractivity (Wildman–Crippen MR) is 130 cm³/mol. The predicted octanol–water partition coefficient (Wildman–Crippen LogP) is 5.51. The van der Waals surface area contributed by atoms with Crippen molar-refractivity contribution in [1.82, 2.24) is 9.80 Å². The number of rotatable bonds is 8. The number of ether oxygens (including phenoxy) is 2. The zero-order chi connectivity index (χ0) is 22.5. The van der Waals surface area contributed by atoms with Gasteiger partial charge in [-0.3, -0.25) is 4.90 Å². The van der Waals surface area contributed by atoms with E-state index in [-0.39, 0.29) is 18.3 Å². The molecule has 2 aromatic carbocycles. The molecule has 4 rings (SSSR count). The molecule has 2 heterocycles. The van der Waals surface area contributed by atoms with Crippen LogP contribution in [-0.2, 0) is 17.7 Å². The van der Waals surface area contributed by atoms with Gasteiger partial charge in [-0.05, 0) is 81.4 Å². The van der Waals surface area contributed by atoms with E-state index < -0.39 is 0 Å². The molecule has 2 aliphatic rings. The molecule has 0 saturated carbocycles. The maximum Gasteiger partial charge on any atom is 0.410 e. The molecule has 1 atom stereocenters. The largest absolute Gasteiger partial charge is 0.491 e. The van der Waals surface area contributed by atoms with Crippen molar-refractivity contribution in [2.75, 3.05) is 26.2 Å². The number of amides is 1. The summed E-state index contributed by atoms with van der Waals surface area (Å²) in [6.45, 7) is 8.33. The number of nitrogens with zero attached hydrogens (tertiary/aromatic N) is 2. The lowest BCUT2D eigenvalue weighted by Crippen LogP contribution is -2.40. The van der Waals surface area contributed by atoms with Crippen molar-refractivity contribution < 1.29 is 14.3 Å². The van der Waals surface area contributed by atoms with Gasteiger partial charge in [0.05, 0.1) is 12.6 Å². The highest BCUT2D eigenvalue weighted by Crippen LogP contribution is 2.29. The highest BCUT2D eigenvalue weighted by Gasteiger charge is 2.33. The van der Waals surface area contributed by atoms with E-state index in [1.807, 2.05) is 41.3 Å². The van der Waals surface area contributed by atoms with E-state index in [1.54, 1.807) is 0 Å². The molecule has 0 aliphatic carbocycles. The second-order valence-electron chi connectivity index (χ2n) is 9.24. The number of halogens is 1. The van der Waals surface area contributed by atoms with E-state index in [9.17, 15) is 4.79 Å². The fourth-order valence-electron chi connectivity index (χ4n) is 4.63. The molecule has 2 saturated heterocycles. The van der Waals surface area contributed by atoms with Crippen LogP contribution in [0.4, 0.5) is 4.79 Å². The van der Waals surface area contributed by atoms with Crippen molar-refractivity contribution in [3.8, 4) is 5.75 Å². The molecule has 2 aliphatic heterocycles. The normalized spacial score (nSPS) is 20.1. The van der Waals surface area contributed by atoms with Gasteiger partial charge in [0.2, 0.25) is 0 Å². The highest BCUT2D eigenvalue weighted by atomic mass is 79.9. The summed E-state index contributed by atoms with van der Waals surface area (Å²) in [6, 6.07) is 16.4. The van der Waals surface area contributed by atoms with Crippen LogP contribution in [0.3, 0.4) is 0 Å². The van der Waals surface area contributed by atoms with Crippen molar-refractivity contribution >= 4 is 22.0 Å². The third-order valence-corrected chi connectivity index (χ3v) is 7.01. The van der Waals surface area contributed by atoms with Gasteiger partial charge >= 0.3 is 6.09 Å². The first kappa shape index (κ1) is 23.1. The number of likely N-dealkylation sites (tertiary alicyclic amines) is 1. The third kappa shape index (κ3) is 6.26. The van der Waals surface area contributed by atoms with E-state index >= 15 is 0 Å². The summed E-state index contributed by atoms with van der Waals surface area (Å²) in [5.41, 5.74) is 2.46. The zero-order valence-electron chi connectivity index (χ0n) is 19.0. The average molecular weight is 501 g/mol. The van der Waals surface area contributed by atoms with Gasteiger partial charge in [0.25, 0.3) is 0 Å². The molecule has 5 nitrogen and oxygen atoms in total. The van der Waals surface area contributed by atoms with E-state index in [2.05, 4.69) is 46.8 Å². The quantitative estimate of drug-likeness (QED) is 0.478. The Morgan fingerprint density at radius 3 is 2.59 bits per heavy atom. The summed E-state index contributed by atoms with van der Waals surface area (Å²) in [7, 11) is 0. The van der Waals surface area contributed by atoms with Crippen LogP contribution >= 0.6 is 15.9 Å². The summed E-state index contributed by atoms with van der Waals surface area (Å²) in [5.74, 6) is 1.61. The number of carbonyl (C=O) groups excluding carboxylic acids is 1. The minimum absolute atomic E-state index is 0.0400. The minimum Gasteiger partial charge on any atom is -0.491 e. The molecule has 2 aromatic rings. The first-order valence-corrected chi connectivity index (χ1v) is 12.4. The lowest BCUT2D eigenvalue weighted by atomic mass is 9.90. The number of carbonyl (C=O) groups is 1. The first-order chi connectivity index (χ1) is 15.5. The van der Waals surface area contributed by atoms with Crippen LogP contribution in [0.1, 0.15) is 37.8 Å². The number of cyclic esters (lactones) is 1. The Balaban J connectivity index is 1.24. The molecule has 0 bridgehead atoms. The lowest BCUT2D eigenvalue weighted by Gasteiger charge is -2.33. The van der Waals surface area contributed by atoms with Crippen molar-refractivity contribution in [3.05, 3.63) is 64.1 Å². The van der Waals surface area contributed by atoms with Crippen molar-refractivity contribution in [1.29, 1.82) is 0 Å². The van der Waals surface area contributed by atoms with Crippen molar-refractivity contribution in [3.63, 3.8) is 0 Å². The van der Waals surface area contributed by atoms with Crippen LogP contribution in [0.15, 0.2) is 53.0 Å². The summed E-state index contributed by atoms with van der Waals surface area (Å²) >= 11 is 3.71. The van der Waals surface area contributed by atoms with Crippen LogP contribution in [-0.4, -0.2) is 54.3 Å². The van der Waals surface area contributed by atoms with Crippen LogP contribution < -0.4 is 4.74 Å². The summed E-state index contributed by atoms with van der Waals surface area (Å²) in [6.07, 6.45) is 3.34. The Bertz CT molecular complexity index is 897. The Kier molecular flexibility index (Phi) is 7.74. The molecule has 0 spiro atoms. The smallest absolute Gasteiger partial charge is 0.410 e. The van der Waals surface area contributed by atoms with Crippen molar-refractivity contribution in [2.24, 2.45) is 5.92 Å². The average Bonchev–Trinajstić information content (AvgIpc) is 3.11. The molecule has 172 valence electrons. The minimum atomic E-state index is -0.193. The zero-order valence-corrected chi connectivity index (χ0v) is 20.6. The van der Waals surface area contributed by atoms with E-state index in [4.69, 9.17) is 9.47 Å². The van der Waals surface area contributed by atoms with Crippen molar-refractivity contribution in [2.45, 2.75) is 51.9 Å². The number of benzene rings is 2. The van der Waals surface area contributed by atoms with Crippen LogP contribution in [0, 0.1) is 5.92 Å². The monoisotopic (exact) mass is 500 g/mol. The van der Waals surface area contributed by atoms with E-state index in [1.165, 1.54) is 5.56 Å². The molecule has 1 unspecified atom stereocenters. The standard InChI is InChI=1S/C26H33BrN2O3/c1-19(2)31-23-8-9-25(27)22(15-23)14-20-10-12-28(13-11-20)17-24-18-29(26(30)32-24)16-21-6-4-3-5-7-21/h3-9,15,19-20,24H,10-14,16-18H2,1-2H3. The Morgan fingerprint density at radius 1 is 1.12 bits per heavy atom. The summed E-state index contributed by atoms with van der Waals surface area (Å²) < 4.78 is 12.7. The Labute approximate surface area is 199 Å². The Hall–Kier alpha value is -2.05. The number of hydrogen-bond donors (Lipinski definition) is 0. The second-order valence-corrected chi connectivity index (χ2v) is 10.1. The third-order valence-electron chi connectivity index (χ3n) is 6.23. The molecule has 32 heavy (non-hydrogen) atoms. The number of hydrogen-bond acceptors (Lipinski definition) is 4. The molecule has 0 N–H and O–H groups in total. The number of piperidine rings is 1. The van der Waals surface area contributed by atoms with E-state index in [0.717, 1.165) is 54.7 Å². The maximum absolute atomic E-state index is 12.3. The fourth-order valence-corrected chi connectivity index (χ4v) is 5.04. The van der Waals surface area contributed by atoms with Gasteiger partial charge in [-0.1, -0.05) is 46.3 Å². The molecule has 0 aromatic heterocycles. The van der Waals surface area contributed by atoms with E-state index in [0.29, 0.717) is 19.0 Å².